The van der Waals surface area contributed by atoms with Gasteiger partial charge in [0.05, 0.1) is 24.2 Å². The van der Waals surface area contributed by atoms with Crippen LogP contribution in [0, 0.1) is 13.8 Å². The van der Waals surface area contributed by atoms with Crippen molar-refractivity contribution in [3.63, 3.8) is 0 Å². The minimum absolute atomic E-state index is 0.326. The van der Waals surface area contributed by atoms with Crippen molar-refractivity contribution in [2.45, 2.75) is 27.2 Å². The van der Waals surface area contributed by atoms with Gasteiger partial charge < -0.3 is 4.74 Å². The Bertz CT molecular complexity index is 597. The predicted octanol–water partition coefficient (Wildman–Crippen LogP) is 2.84. The van der Waals surface area contributed by atoms with Crippen LogP contribution in [0.2, 0.25) is 0 Å². The van der Waals surface area contributed by atoms with Crippen molar-refractivity contribution in [3.05, 3.63) is 46.8 Å². The van der Waals surface area contributed by atoms with Crippen molar-refractivity contribution in [3.8, 4) is 5.69 Å². The Kier molecular flexibility index (Phi) is 3.69. The molecule has 0 aliphatic heterocycles. The Balaban J connectivity index is 2.56. The molecule has 2 aromatic rings. The number of ether oxygens (including phenoxy) is 1. The number of hydrogen-bond donors (Lipinski definition) is 0. The Morgan fingerprint density at radius 1 is 1.26 bits per heavy atom. The zero-order valence-electron chi connectivity index (χ0n) is 11.7. The standard InChI is InChI=1S/C15H18N2O2/c1-5-13-14(15(18)19-4)11(3)17(16-13)12-8-6-10(2)7-9-12/h6-9H,5H2,1-4H3. The van der Waals surface area contributed by atoms with Crippen LogP contribution in [0.4, 0.5) is 0 Å². The third-order valence-electron chi connectivity index (χ3n) is 3.19. The highest BCUT2D eigenvalue weighted by molar-refractivity contribution is 5.92. The Hall–Kier alpha value is -2.10. The summed E-state index contributed by atoms with van der Waals surface area (Å²) in [7, 11) is 1.39. The van der Waals surface area contributed by atoms with Gasteiger partial charge in [0.1, 0.15) is 5.56 Å². The fourth-order valence-electron chi connectivity index (χ4n) is 2.11. The molecule has 0 aliphatic carbocycles. The highest BCUT2D eigenvalue weighted by Crippen LogP contribution is 2.20. The summed E-state index contributed by atoms with van der Waals surface area (Å²) in [6.45, 7) is 5.91. The van der Waals surface area contributed by atoms with Crippen molar-refractivity contribution in [2.75, 3.05) is 7.11 Å². The topological polar surface area (TPSA) is 44.1 Å². The van der Waals surface area contributed by atoms with E-state index in [0.29, 0.717) is 12.0 Å². The van der Waals surface area contributed by atoms with Crippen molar-refractivity contribution in [1.82, 2.24) is 9.78 Å². The molecule has 1 aromatic carbocycles. The molecule has 0 unspecified atom stereocenters. The second-order valence-corrected chi connectivity index (χ2v) is 4.50. The molecule has 0 fully saturated rings. The van der Waals surface area contributed by atoms with Crippen molar-refractivity contribution < 1.29 is 9.53 Å². The number of carbonyl (C=O) groups is 1. The molecule has 0 amide bonds. The minimum atomic E-state index is -0.326. The number of aryl methyl sites for hydroxylation is 2. The normalized spacial score (nSPS) is 10.5. The molecule has 0 radical (unpaired) electrons. The third kappa shape index (κ3) is 2.38. The van der Waals surface area contributed by atoms with Gasteiger partial charge in [-0.15, -0.1) is 0 Å². The highest BCUT2D eigenvalue weighted by atomic mass is 16.5. The van der Waals surface area contributed by atoms with E-state index in [1.807, 2.05) is 45.0 Å². The van der Waals surface area contributed by atoms with Crippen molar-refractivity contribution >= 4 is 5.97 Å². The molecule has 4 nitrogen and oxygen atoms in total. The number of aromatic nitrogens is 2. The van der Waals surface area contributed by atoms with E-state index in [0.717, 1.165) is 17.1 Å². The maximum Gasteiger partial charge on any atom is 0.341 e. The second kappa shape index (κ2) is 5.26. The average molecular weight is 258 g/mol. The van der Waals surface area contributed by atoms with Crippen LogP contribution in [-0.2, 0) is 11.2 Å². The number of esters is 1. The summed E-state index contributed by atoms with van der Waals surface area (Å²) >= 11 is 0. The molecule has 0 saturated heterocycles. The summed E-state index contributed by atoms with van der Waals surface area (Å²) in [6.07, 6.45) is 0.699. The number of carbonyl (C=O) groups excluding carboxylic acids is 1. The summed E-state index contributed by atoms with van der Waals surface area (Å²) < 4.78 is 6.63. The molecule has 0 aliphatic rings. The van der Waals surface area contributed by atoms with Crippen LogP contribution in [0.1, 0.15) is 34.2 Å². The van der Waals surface area contributed by atoms with E-state index in [1.54, 1.807) is 4.68 Å². The van der Waals surface area contributed by atoms with Gasteiger partial charge in [0.2, 0.25) is 0 Å². The summed E-state index contributed by atoms with van der Waals surface area (Å²) in [6, 6.07) is 8.05. The van der Waals surface area contributed by atoms with E-state index in [2.05, 4.69) is 5.10 Å². The predicted molar refractivity (Wildman–Crippen MR) is 73.8 cm³/mol. The second-order valence-electron chi connectivity index (χ2n) is 4.50. The van der Waals surface area contributed by atoms with Crippen LogP contribution < -0.4 is 0 Å². The summed E-state index contributed by atoms with van der Waals surface area (Å²) in [5, 5.41) is 4.51. The van der Waals surface area contributed by atoms with Crippen molar-refractivity contribution in [1.29, 1.82) is 0 Å². The Morgan fingerprint density at radius 3 is 2.42 bits per heavy atom. The number of rotatable bonds is 3. The summed E-state index contributed by atoms with van der Waals surface area (Å²) in [5.41, 5.74) is 4.30. The third-order valence-corrected chi connectivity index (χ3v) is 3.19. The zero-order valence-corrected chi connectivity index (χ0v) is 11.7. The van der Waals surface area contributed by atoms with Gasteiger partial charge >= 0.3 is 5.97 Å². The fraction of sp³-hybridized carbons (Fsp3) is 0.333. The molecule has 1 aromatic heterocycles. The maximum absolute atomic E-state index is 11.8. The quantitative estimate of drug-likeness (QED) is 0.795. The molecule has 0 bridgehead atoms. The molecular weight excluding hydrogens is 240 g/mol. The van der Waals surface area contributed by atoms with Gasteiger partial charge in [0.15, 0.2) is 0 Å². The molecule has 1 heterocycles. The van der Waals surface area contributed by atoms with Crippen LogP contribution in [0.5, 0.6) is 0 Å². The first-order valence-electron chi connectivity index (χ1n) is 6.32. The van der Waals surface area contributed by atoms with E-state index in [4.69, 9.17) is 4.74 Å². The number of benzene rings is 1. The Morgan fingerprint density at radius 2 is 1.89 bits per heavy atom. The molecule has 0 spiro atoms. The number of methoxy groups -OCH3 is 1. The lowest BCUT2D eigenvalue weighted by Crippen LogP contribution is -2.06. The molecule has 0 atom stereocenters. The molecule has 4 heteroatoms. The Labute approximate surface area is 113 Å². The van der Waals surface area contributed by atoms with Crippen LogP contribution >= 0.6 is 0 Å². The van der Waals surface area contributed by atoms with Gasteiger partial charge in [-0.3, -0.25) is 0 Å². The highest BCUT2D eigenvalue weighted by Gasteiger charge is 2.21. The first-order chi connectivity index (χ1) is 9.08. The SMILES string of the molecule is CCc1nn(-c2ccc(C)cc2)c(C)c1C(=O)OC. The van der Waals surface area contributed by atoms with E-state index < -0.39 is 0 Å². The largest absolute Gasteiger partial charge is 0.465 e. The number of hydrogen-bond acceptors (Lipinski definition) is 3. The van der Waals surface area contributed by atoms with Gasteiger partial charge in [-0.1, -0.05) is 24.6 Å². The van der Waals surface area contributed by atoms with Gasteiger partial charge in [0.25, 0.3) is 0 Å². The molecule has 19 heavy (non-hydrogen) atoms. The lowest BCUT2D eigenvalue weighted by molar-refractivity contribution is 0.0598. The van der Waals surface area contributed by atoms with Crippen LogP contribution in [0.25, 0.3) is 5.69 Å². The lowest BCUT2D eigenvalue weighted by atomic mass is 10.1. The number of nitrogens with zero attached hydrogens (tertiary/aromatic N) is 2. The van der Waals surface area contributed by atoms with E-state index in [1.165, 1.54) is 12.7 Å². The van der Waals surface area contributed by atoms with Gasteiger partial charge in [-0.25, -0.2) is 9.48 Å². The van der Waals surface area contributed by atoms with Crippen molar-refractivity contribution in [2.24, 2.45) is 0 Å². The van der Waals surface area contributed by atoms with Gasteiger partial charge in [-0.05, 0) is 32.4 Å². The molecule has 2 rings (SSSR count). The monoisotopic (exact) mass is 258 g/mol. The average Bonchev–Trinajstić information content (AvgIpc) is 2.76. The first-order valence-corrected chi connectivity index (χ1v) is 6.32. The zero-order chi connectivity index (χ0) is 14.0. The van der Waals surface area contributed by atoms with Crippen LogP contribution in [0.15, 0.2) is 24.3 Å². The lowest BCUT2D eigenvalue weighted by Gasteiger charge is -2.05. The van der Waals surface area contributed by atoms with Crippen LogP contribution in [-0.4, -0.2) is 22.9 Å². The summed E-state index contributed by atoms with van der Waals surface area (Å²) in [4.78, 5) is 11.8. The maximum atomic E-state index is 11.8. The van der Waals surface area contributed by atoms with E-state index in [-0.39, 0.29) is 5.97 Å². The first kappa shape index (κ1) is 13.3. The van der Waals surface area contributed by atoms with Gasteiger partial charge in [-0.2, -0.15) is 5.10 Å². The van der Waals surface area contributed by atoms with Gasteiger partial charge in [0, 0.05) is 0 Å². The fourth-order valence-corrected chi connectivity index (χ4v) is 2.11. The smallest absolute Gasteiger partial charge is 0.341 e. The van der Waals surface area contributed by atoms with E-state index in [9.17, 15) is 4.79 Å². The van der Waals surface area contributed by atoms with Crippen LogP contribution in [0.3, 0.4) is 0 Å². The summed E-state index contributed by atoms with van der Waals surface area (Å²) in [5.74, 6) is -0.326. The molecular formula is C15H18N2O2. The molecule has 0 saturated carbocycles. The van der Waals surface area contributed by atoms with E-state index >= 15 is 0 Å². The molecule has 0 N–H and O–H groups in total. The molecule has 100 valence electrons. The minimum Gasteiger partial charge on any atom is -0.465 e.